The molecule has 1 aromatic carbocycles. The standard InChI is InChI=1S/C24H38N2O7/c1-8-33-24(30)19(11-9-15(2)3)25-16(4)22(27)26(17(5)23(28)29)14-18-10-12-20(31-6)21(13-18)32-7/h10,12-13,15-17,19,25H,8-9,11,14H2,1-7H3,(H,28,29)/t16-,17-,19?/m0/s1. The minimum atomic E-state index is -1.13. The molecule has 0 radical (unpaired) electrons. The van der Waals surface area contributed by atoms with Crippen LogP contribution in [0.4, 0.5) is 0 Å². The summed E-state index contributed by atoms with van der Waals surface area (Å²) in [5, 5.41) is 12.7. The molecule has 1 aromatic rings. The number of carbonyl (C=O) groups excluding carboxylic acids is 2. The van der Waals surface area contributed by atoms with Crippen LogP contribution in [0.25, 0.3) is 0 Å². The summed E-state index contributed by atoms with van der Waals surface area (Å²) in [5.74, 6) is -0.592. The first kappa shape index (κ1) is 28.2. The number of methoxy groups -OCH3 is 2. The summed E-state index contributed by atoms with van der Waals surface area (Å²) >= 11 is 0. The van der Waals surface area contributed by atoms with Crippen LogP contribution in [-0.4, -0.2) is 66.8 Å². The van der Waals surface area contributed by atoms with Gasteiger partial charge >= 0.3 is 11.9 Å². The van der Waals surface area contributed by atoms with Gasteiger partial charge in [-0.05, 0) is 57.2 Å². The van der Waals surface area contributed by atoms with Crippen molar-refractivity contribution >= 4 is 17.8 Å². The summed E-state index contributed by atoms with van der Waals surface area (Å²) in [7, 11) is 3.02. The number of nitrogens with one attached hydrogen (secondary N) is 1. The first-order chi connectivity index (χ1) is 15.5. The highest BCUT2D eigenvalue weighted by molar-refractivity contribution is 5.87. The second kappa shape index (κ2) is 13.7. The average molecular weight is 467 g/mol. The number of amides is 1. The number of esters is 1. The molecule has 0 aliphatic carbocycles. The number of carboxylic acids is 1. The monoisotopic (exact) mass is 466 g/mol. The summed E-state index contributed by atoms with van der Waals surface area (Å²) in [6.45, 7) is 9.20. The molecule has 0 fully saturated rings. The molecule has 186 valence electrons. The van der Waals surface area contributed by atoms with Gasteiger partial charge in [-0.15, -0.1) is 0 Å². The zero-order valence-corrected chi connectivity index (χ0v) is 20.7. The van der Waals surface area contributed by atoms with Gasteiger partial charge < -0.3 is 24.2 Å². The Morgan fingerprint density at radius 2 is 1.67 bits per heavy atom. The molecule has 1 rings (SSSR count). The molecule has 0 aliphatic heterocycles. The van der Waals surface area contributed by atoms with E-state index < -0.39 is 36.0 Å². The first-order valence-corrected chi connectivity index (χ1v) is 11.2. The number of rotatable bonds is 14. The summed E-state index contributed by atoms with van der Waals surface area (Å²) in [6, 6.07) is 2.62. The quantitative estimate of drug-likeness (QED) is 0.402. The topological polar surface area (TPSA) is 114 Å². The summed E-state index contributed by atoms with van der Waals surface area (Å²) in [5.41, 5.74) is 0.683. The smallest absolute Gasteiger partial charge is 0.326 e. The van der Waals surface area contributed by atoms with Gasteiger partial charge in [-0.1, -0.05) is 19.9 Å². The van der Waals surface area contributed by atoms with Gasteiger partial charge in [0.05, 0.1) is 26.9 Å². The molecule has 0 saturated carbocycles. The normalized spacial score (nSPS) is 13.7. The Bertz CT molecular complexity index is 797. The minimum Gasteiger partial charge on any atom is -0.493 e. The van der Waals surface area contributed by atoms with Crippen molar-refractivity contribution in [1.82, 2.24) is 10.2 Å². The summed E-state index contributed by atoms with van der Waals surface area (Å²) < 4.78 is 15.7. The Hall–Kier alpha value is -2.81. The number of benzene rings is 1. The molecule has 1 unspecified atom stereocenters. The van der Waals surface area contributed by atoms with E-state index in [-0.39, 0.29) is 13.2 Å². The van der Waals surface area contributed by atoms with E-state index in [4.69, 9.17) is 14.2 Å². The van der Waals surface area contributed by atoms with Gasteiger partial charge in [0.2, 0.25) is 5.91 Å². The van der Waals surface area contributed by atoms with Gasteiger partial charge in [0.25, 0.3) is 0 Å². The Labute approximate surface area is 196 Å². The summed E-state index contributed by atoms with van der Waals surface area (Å²) in [6.07, 6.45) is 1.29. The van der Waals surface area contributed by atoms with Gasteiger partial charge in [-0.2, -0.15) is 0 Å². The van der Waals surface area contributed by atoms with Crippen molar-refractivity contribution in [3.8, 4) is 11.5 Å². The Kier molecular flexibility index (Phi) is 11.7. The zero-order chi connectivity index (χ0) is 25.1. The van der Waals surface area contributed by atoms with Crippen molar-refractivity contribution < 1.29 is 33.7 Å². The van der Waals surface area contributed by atoms with E-state index in [0.717, 1.165) is 6.42 Å². The maximum Gasteiger partial charge on any atom is 0.326 e. The van der Waals surface area contributed by atoms with Gasteiger partial charge in [-0.3, -0.25) is 14.9 Å². The SMILES string of the molecule is CCOC(=O)C(CCC(C)C)N[C@@H](C)C(=O)N(Cc1ccc(OC)c(OC)c1)[C@@H](C)C(=O)O. The maximum atomic E-state index is 13.3. The van der Waals surface area contributed by atoms with Crippen molar-refractivity contribution in [3.63, 3.8) is 0 Å². The van der Waals surface area contributed by atoms with Crippen molar-refractivity contribution in [3.05, 3.63) is 23.8 Å². The molecule has 1 amide bonds. The molecule has 0 bridgehead atoms. The molecule has 9 nitrogen and oxygen atoms in total. The fraction of sp³-hybridized carbons (Fsp3) is 0.625. The van der Waals surface area contributed by atoms with Crippen molar-refractivity contribution in [1.29, 1.82) is 0 Å². The fourth-order valence-electron chi connectivity index (χ4n) is 3.35. The molecule has 3 atom stereocenters. The van der Waals surface area contributed by atoms with Crippen LogP contribution >= 0.6 is 0 Å². The second-order valence-corrected chi connectivity index (χ2v) is 8.33. The molecule has 0 spiro atoms. The molecular formula is C24H38N2O7. The van der Waals surface area contributed by atoms with Crippen LogP contribution in [0.3, 0.4) is 0 Å². The molecule has 33 heavy (non-hydrogen) atoms. The van der Waals surface area contributed by atoms with Crippen LogP contribution in [0.1, 0.15) is 53.0 Å². The highest BCUT2D eigenvalue weighted by Crippen LogP contribution is 2.28. The predicted octanol–water partition coefficient (Wildman–Crippen LogP) is 2.85. The van der Waals surface area contributed by atoms with Gasteiger partial charge in [0, 0.05) is 6.54 Å². The maximum absolute atomic E-state index is 13.3. The largest absolute Gasteiger partial charge is 0.493 e. The fourth-order valence-corrected chi connectivity index (χ4v) is 3.35. The molecule has 0 aliphatic rings. The van der Waals surface area contributed by atoms with Crippen molar-refractivity contribution in [2.24, 2.45) is 5.92 Å². The van der Waals surface area contributed by atoms with Crippen LogP contribution < -0.4 is 14.8 Å². The van der Waals surface area contributed by atoms with E-state index in [1.807, 2.05) is 0 Å². The third-order valence-electron chi connectivity index (χ3n) is 5.33. The summed E-state index contributed by atoms with van der Waals surface area (Å²) in [4.78, 5) is 38.7. The number of carboxylic acid groups (broad SMARTS) is 1. The van der Waals surface area contributed by atoms with Crippen molar-refractivity contribution in [2.75, 3.05) is 20.8 Å². The van der Waals surface area contributed by atoms with E-state index >= 15 is 0 Å². The van der Waals surface area contributed by atoms with Crippen LogP contribution in [0.15, 0.2) is 18.2 Å². The average Bonchev–Trinajstić information content (AvgIpc) is 2.78. The Morgan fingerprint density at radius 3 is 2.18 bits per heavy atom. The number of carbonyl (C=O) groups is 3. The predicted molar refractivity (Wildman–Crippen MR) is 124 cm³/mol. The van der Waals surface area contributed by atoms with Gasteiger partial charge in [0.1, 0.15) is 12.1 Å². The Balaban J connectivity index is 3.11. The van der Waals surface area contributed by atoms with Crippen LogP contribution in [-0.2, 0) is 25.7 Å². The lowest BCUT2D eigenvalue weighted by Crippen LogP contribution is -2.54. The second-order valence-electron chi connectivity index (χ2n) is 8.33. The van der Waals surface area contributed by atoms with Gasteiger partial charge in [0.15, 0.2) is 11.5 Å². The van der Waals surface area contributed by atoms with E-state index in [0.29, 0.717) is 29.4 Å². The number of hydrogen-bond acceptors (Lipinski definition) is 7. The number of aliphatic carboxylic acids is 1. The molecule has 0 saturated heterocycles. The number of hydrogen-bond donors (Lipinski definition) is 2. The molecule has 0 heterocycles. The number of ether oxygens (including phenoxy) is 3. The van der Waals surface area contributed by atoms with Crippen LogP contribution in [0, 0.1) is 5.92 Å². The third kappa shape index (κ3) is 8.57. The van der Waals surface area contributed by atoms with Crippen LogP contribution in [0.5, 0.6) is 11.5 Å². The van der Waals surface area contributed by atoms with E-state index in [9.17, 15) is 19.5 Å². The third-order valence-corrected chi connectivity index (χ3v) is 5.33. The van der Waals surface area contributed by atoms with Crippen LogP contribution in [0.2, 0.25) is 0 Å². The lowest BCUT2D eigenvalue weighted by atomic mass is 10.0. The van der Waals surface area contributed by atoms with E-state index in [2.05, 4.69) is 19.2 Å². The zero-order valence-electron chi connectivity index (χ0n) is 20.7. The Morgan fingerprint density at radius 1 is 1.03 bits per heavy atom. The van der Waals surface area contributed by atoms with Crippen molar-refractivity contribution in [2.45, 2.75) is 72.1 Å². The van der Waals surface area contributed by atoms with E-state index in [1.54, 1.807) is 32.0 Å². The minimum absolute atomic E-state index is 0.0503. The molecular weight excluding hydrogens is 428 g/mol. The first-order valence-electron chi connectivity index (χ1n) is 11.2. The number of nitrogens with zero attached hydrogens (tertiary/aromatic N) is 1. The lowest BCUT2D eigenvalue weighted by molar-refractivity contribution is -0.152. The molecule has 0 aromatic heterocycles. The molecule has 9 heteroatoms. The lowest BCUT2D eigenvalue weighted by Gasteiger charge is -2.31. The highest BCUT2D eigenvalue weighted by Gasteiger charge is 2.32. The van der Waals surface area contributed by atoms with E-state index in [1.165, 1.54) is 26.0 Å². The highest BCUT2D eigenvalue weighted by atomic mass is 16.5. The van der Waals surface area contributed by atoms with Gasteiger partial charge in [-0.25, -0.2) is 4.79 Å². The molecule has 2 N–H and O–H groups in total.